The number of nitrogens with two attached hydrogens (primary N) is 1. The second-order valence-electron chi connectivity index (χ2n) is 10.4. The summed E-state index contributed by atoms with van der Waals surface area (Å²) in [5.74, 6) is -0.914. The molecule has 0 aromatic carbocycles. The first-order valence-corrected chi connectivity index (χ1v) is 12.4. The third-order valence-corrected chi connectivity index (χ3v) is 7.02. The highest BCUT2D eigenvalue weighted by Gasteiger charge is 2.40. The van der Waals surface area contributed by atoms with E-state index in [1.807, 2.05) is 25.3 Å². The molecule has 4 rings (SSSR count). The number of primary amides is 1. The van der Waals surface area contributed by atoms with Gasteiger partial charge in [0.2, 0.25) is 5.91 Å². The second-order valence-corrected chi connectivity index (χ2v) is 10.4. The first kappa shape index (κ1) is 26.6. The number of nitrogens with zero attached hydrogens (tertiary/aromatic N) is 6. The first-order valence-electron chi connectivity index (χ1n) is 12.4. The zero-order valence-corrected chi connectivity index (χ0v) is 22.2. The van der Waals surface area contributed by atoms with Crippen LogP contribution in [0.5, 0.6) is 0 Å². The van der Waals surface area contributed by atoms with Crippen LogP contribution in [-0.2, 0) is 4.79 Å². The van der Waals surface area contributed by atoms with Gasteiger partial charge in [0.25, 0.3) is 11.8 Å². The number of amides is 3. The topological polar surface area (TPSA) is 150 Å². The van der Waals surface area contributed by atoms with Crippen LogP contribution in [0.25, 0.3) is 16.6 Å². The number of anilines is 1. The van der Waals surface area contributed by atoms with Gasteiger partial charge in [-0.15, -0.1) is 0 Å². The number of hydrogen-bond acceptors (Lipinski definition) is 7. The van der Waals surface area contributed by atoms with E-state index in [9.17, 15) is 19.6 Å². The predicted molar refractivity (Wildman–Crippen MR) is 142 cm³/mol. The van der Waals surface area contributed by atoms with Crippen LogP contribution >= 0.6 is 0 Å². The molecule has 3 aromatic rings. The lowest BCUT2D eigenvalue weighted by Gasteiger charge is -2.24. The number of hydrogen-bond donors (Lipinski definition) is 2. The minimum atomic E-state index is -1.12. The number of fused-ring (bicyclic) bond motifs is 1. The Hall–Kier alpha value is -4.46. The molecule has 3 amide bonds. The second kappa shape index (κ2) is 10.1. The molecule has 0 spiro atoms. The van der Waals surface area contributed by atoms with Crippen molar-refractivity contribution in [2.24, 2.45) is 17.1 Å². The average molecular weight is 517 g/mol. The Morgan fingerprint density at radius 1 is 1.21 bits per heavy atom. The largest absolute Gasteiger partial charge is 0.378 e. The quantitative estimate of drug-likeness (QED) is 0.489. The summed E-state index contributed by atoms with van der Waals surface area (Å²) in [6.45, 7) is 6.20. The Kier molecular flexibility index (Phi) is 7.09. The third-order valence-electron chi connectivity index (χ3n) is 7.02. The first-order chi connectivity index (χ1) is 18.0. The molecule has 1 aliphatic rings. The fraction of sp³-hybridized carbons (Fsp3) is 0.407. The van der Waals surface area contributed by atoms with Gasteiger partial charge in [-0.05, 0) is 38.3 Å². The number of rotatable bonds is 7. The summed E-state index contributed by atoms with van der Waals surface area (Å²) < 4.78 is 1.65. The Morgan fingerprint density at radius 2 is 1.95 bits per heavy atom. The van der Waals surface area contributed by atoms with Crippen LogP contribution < -0.4 is 11.1 Å². The molecule has 0 saturated carbocycles. The van der Waals surface area contributed by atoms with Gasteiger partial charge in [-0.1, -0.05) is 13.0 Å². The van der Waals surface area contributed by atoms with Crippen LogP contribution in [0, 0.1) is 22.7 Å². The summed E-state index contributed by atoms with van der Waals surface area (Å²) in [4.78, 5) is 45.0. The van der Waals surface area contributed by atoms with Crippen molar-refractivity contribution < 1.29 is 14.4 Å². The van der Waals surface area contributed by atoms with Gasteiger partial charge in [-0.25, -0.2) is 4.52 Å². The highest BCUT2D eigenvalue weighted by atomic mass is 16.2. The van der Waals surface area contributed by atoms with E-state index in [-0.39, 0.29) is 29.3 Å². The van der Waals surface area contributed by atoms with Crippen molar-refractivity contribution in [3.63, 3.8) is 0 Å². The molecule has 1 saturated heterocycles. The van der Waals surface area contributed by atoms with Crippen molar-refractivity contribution in [2.75, 3.05) is 32.5 Å². The molecule has 3 aromatic heterocycles. The van der Waals surface area contributed by atoms with Crippen LogP contribution in [-0.4, -0.2) is 75.3 Å². The van der Waals surface area contributed by atoms with E-state index in [1.165, 1.54) is 11.1 Å². The fourth-order valence-corrected chi connectivity index (χ4v) is 4.72. The van der Waals surface area contributed by atoms with Crippen LogP contribution in [0.15, 0.2) is 36.8 Å². The van der Waals surface area contributed by atoms with E-state index >= 15 is 0 Å². The fourth-order valence-electron chi connectivity index (χ4n) is 4.72. The molecule has 38 heavy (non-hydrogen) atoms. The Labute approximate surface area is 221 Å². The molecule has 1 aliphatic heterocycles. The summed E-state index contributed by atoms with van der Waals surface area (Å²) in [7, 11) is 3.34. The van der Waals surface area contributed by atoms with Crippen molar-refractivity contribution in [1.29, 1.82) is 5.26 Å². The van der Waals surface area contributed by atoms with Crippen LogP contribution in [0.4, 0.5) is 5.69 Å². The van der Waals surface area contributed by atoms with Gasteiger partial charge in [0.15, 0.2) is 0 Å². The SMILES string of the molecule is CC[C@H]1CN(C(=O)C(C)(C)C#N)C[C@H]1Nc1c(C(N)=O)cnn2cc(-c3ccc(C(=O)N(C)C)nc3)cc12. The normalized spacial score (nSPS) is 17.3. The molecule has 4 heterocycles. The van der Waals surface area contributed by atoms with Crippen LogP contribution in [0.3, 0.4) is 0 Å². The standard InChI is InChI=1S/C27H32N8O3/c1-6-16-12-34(26(38)27(2,3)15-28)14-21(16)32-23-19(24(29)36)11-31-35-13-18(9-22(23)35)17-7-8-20(30-10-17)25(37)33(4)5/h7-11,13,16,21,32H,6,12,14H2,1-5H3,(H2,29,36)/t16-,21+/m0/s1. The Bertz CT molecular complexity index is 1440. The lowest BCUT2D eigenvalue weighted by Crippen LogP contribution is -2.40. The van der Waals surface area contributed by atoms with E-state index in [2.05, 4.69) is 21.5 Å². The maximum Gasteiger partial charge on any atom is 0.271 e. The Morgan fingerprint density at radius 3 is 2.53 bits per heavy atom. The van der Waals surface area contributed by atoms with E-state index in [0.717, 1.165) is 17.5 Å². The van der Waals surface area contributed by atoms with Crippen molar-refractivity contribution in [3.05, 3.63) is 48.0 Å². The Balaban J connectivity index is 1.69. The summed E-state index contributed by atoms with van der Waals surface area (Å²) in [5.41, 5.74) is 7.91. The van der Waals surface area contributed by atoms with Gasteiger partial charge in [-0.2, -0.15) is 10.4 Å². The van der Waals surface area contributed by atoms with E-state index < -0.39 is 11.3 Å². The molecule has 11 nitrogen and oxygen atoms in total. The number of carbonyl (C=O) groups excluding carboxylic acids is 3. The molecule has 0 radical (unpaired) electrons. The zero-order valence-electron chi connectivity index (χ0n) is 22.2. The number of aromatic nitrogens is 3. The van der Waals surface area contributed by atoms with Gasteiger partial charge in [0, 0.05) is 56.7 Å². The van der Waals surface area contributed by atoms with E-state index in [4.69, 9.17) is 5.73 Å². The molecule has 2 atom stereocenters. The maximum atomic E-state index is 13.0. The molecule has 0 unspecified atom stereocenters. The lowest BCUT2D eigenvalue weighted by molar-refractivity contribution is -0.136. The van der Waals surface area contributed by atoms with Crippen LogP contribution in [0.1, 0.15) is 48.0 Å². The van der Waals surface area contributed by atoms with E-state index in [1.54, 1.807) is 49.6 Å². The lowest BCUT2D eigenvalue weighted by atomic mass is 9.94. The highest BCUT2D eigenvalue weighted by Crippen LogP contribution is 2.32. The number of nitrogens with one attached hydrogen (secondary N) is 1. The monoisotopic (exact) mass is 516 g/mol. The van der Waals surface area contributed by atoms with Gasteiger partial charge in [0.1, 0.15) is 11.1 Å². The molecule has 11 heteroatoms. The average Bonchev–Trinajstić information content (AvgIpc) is 3.52. The molecule has 1 fully saturated rings. The smallest absolute Gasteiger partial charge is 0.271 e. The summed E-state index contributed by atoms with van der Waals surface area (Å²) in [6, 6.07) is 7.29. The summed E-state index contributed by atoms with van der Waals surface area (Å²) in [5, 5.41) is 17.3. The van der Waals surface area contributed by atoms with Crippen molar-refractivity contribution in [3.8, 4) is 17.2 Å². The van der Waals surface area contributed by atoms with Crippen molar-refractivity contribution >= 4 is 28.9 Å². The minimum absolute atomic E-state index is 0.114. The van der Waals surface area contributed by atoms with E-state index in [0.29, 0.717) is 30.0 Å². The van der Waals surface area contributed by atoms with Crippen molar-refractivity contribution in [2.45, 2.75) is 33.2 Å². The number of likely N-dealkylation sites (tertiary alicyclic amines) is 1. The van der Waals surface area contributed by atoms with Gasteiger partial charge < -0.3 is 20.9 Å². The molecular weight excluding hydrogens is 484 g/mol. The van der Waals surface area contributed by atoms with Gasteiger partial charge >= 0.3 is 0 Å². The maximum absolute atomic E-state index is 13.0. The number of nitriles is 1. The van der Waals surface area contributed by atoms with Gasteiger partial charge in [0.05, 0.1) is 29.0 Å². The predicted octanol–water partition coefficient (Wildman–Crippen LogP) is 2.40. The van der Waals surface area contributed by atoms with Crippen LogP contribution in [0.2, 0.25) is 0 Å². The van der Waals surface area contributed by atoms with Crippen molar-refractivity contribution in [1.82, 2.24) is 24.4 Å². The number of pyridine rings is 1. The molecule has 0 aliphatic carbocycles. The molecular formula is C27H32N8O3. The third kappa shape index (κ3) is 4.89. The molecule has 198 valence electrons. The molecule has 0 bridgehead atoms. The van der Waals surface area contributed by atoms with Gasteiger partial charge in [-0.3, -0.25) is 19.4 Å². The summed E-state index contributed by atoms with van der Waals surface area (Å²) in [6.07, 6.45) is 5.67. The minimum Gasteiger partial charge on any atom is -0.378 e. The highest BCUT2D eigenvalue weighted by molar-refractivity contribution is 6.02. The number of carbonyl (C=O) groups is 3. The molecule has 3 N–H and O–H groups in total. The zero-order chi connectivity index (χ0) is 27.8. The summed E-state index contributed by atoms with van der Waals surface area (Å²) >= 11 is 0.